The molecule has 0 spiro atoms. The molecule has 0 bridgehead atoms. The Balaban J connectivity index is 1.91. The molecule has 4 nitrogen and oxygen atoms in total. The first kappa shape index (κ1) is 13.6. The number of aryl methyl sites for hydroxylation is 1. The average Bonchev–Trinajstić information content (AvgIpc) is 2.48. The molecule has 0 aliphatic carbocycles. The van der Waals surface area contributed by atoms with Crippen LogP contribution in [0, 0.1) is 0 Å². The van der Waals surface area contributed by atoms with E-state index in [1.165, 1.54) is 0 Å². The molecular formula is C16H12ClNO3. The third-order valence-corrected chi connectivity index (χ3v) is 3.54. The molecule has 21 heavy (non-hydrogen) atoms. The summed E-state index contributed by atoms with van der Waals surface area (Å²) in [5.74, 6) is 1.04. The van der Waals surface area contributed by atoms with E-state index in [0.717, 1.165) is 17.5 Å². The lowest BCUT2D eigenvalue weighted by Gasteiger charge is -2.18. The zero-order valence-electron chi connectivity index (χ0n) is 11.1. The first-order valence-corrected chi connectivity index (χ1v) is 6.89. The van der Waals surface area contributed by atoms with Crippen LogP contribution < -0.4 is 10.1 Å². The summed E-state index contributed by atoms with van der Waals surface area (Å²) in [6, 6.07) is 10.3. The van der Waals surface area contributed by atoms with E-state index in [9.17, 15) is 9.59 Å². The number of hydrogen-bond donors (Lipinski definition) is 1. The normalized spacial score (nSPS) is 13.3. The maximum Gasteiger partial charge on any atom is 0.224 e. The van der Waals surface area contributed by atoms with Gasteiger partial charge in [0.1, 0.15) is 11.5 Å². The molecule has 0 fully saturated rings. The predicted octanol–water partition coefficient (Wildman–Crippen LogP) is 3.83. The molecule has 0 atom stereocenters. The van der Waals surface area contributed by atoms with Crippen LogP contribution in [0.15, 0.2) is 36.4 Å². The van der Waals surface area contributed by atoms with Crippen LogP contribution >= 0.6 is 11.6 Å². The number of hydrogen-bond acceptors (Lipinski definition) is 3. The Morgan fingerprint density at radius 1 is 1.14 bits per heavy atom. The molecular weight excluding hydrogens is 290 g/mol. The van der Waals surface area contributed by atoms with Crippen LogP contribution in [0.25, 0.3) is 0 Å². The maximum absolute atomic E-state index is 11.3. The van der Waals surface area contributed by atoms with Crippen LogP contribution in [0.1, 0.15) is 22.3 Å². The maximum atomic E-state index is 11.3. The first-order chi connectivity index (χ1) is 10.2. The van der Waals surface area contributed by atoms with Crippen LogP contribution in [0.4, 0.5) is 5.69 Å². The lowest BCUT2D eigenvalue weighted by atomic mass is 10.0. The number of ether oxygens (including phenoxy) is 1. The van der Waals surface area contributed by atoms with Gasteiger partial charge in [-0.2, -0.15) is 0 Å². The van der Waals surface area contributed by atoms with Gasteiger partial charge in [0.05, 0.1) is 5.56 Å². The van der Waals surface area contributed by atoms with Crippen LogP contribution in [-0.4, -0.2) is 12.2 Å². The second-order valence-electron chi connectivity index (χ2n) is 4.77. The molecule has 1 N–H and O–H groups in total. The number of fused-ring (bicyclic) bond motifs is 1. The molecule has 1 aliphatic heterocycles. The smallest absolute Gasteiger partial charge is 0.224 e. The van der Waals surface area contributed by atoms with Gasteiger partial charge in [-0.15, -0.1) is 0 Å². The Labute approximate surface area is 126 Å². The van der Waals surface area contributed by atoms with Gasteiger partial charge in [-0.05, 0) is 42.3 Å². The van der Waals surface area contributed by atoms with Crippen molar-refractivity contribution in [2.24, 2.45) is 0 Å². The molecule has 0 saturated heterocycles. The van der Waals surface area contributed by atoms with Gasteiger partial charge in [0.2, 0.25) is 5.91 Å². The van der Waals surface area contributed by atoms with Gasteiger partial charge in [0.25, 0.3) is 0 Å². The molecule has 1 heterocycles. The molecule has 0 radical (unpaired) electrons. The van der Waals surface area contributed by atoms with Crippen molar-refractivity contribution in [3.05, 3.63) is 52.5 Å². The summed E-state index contributed by atoms with van der Waals surface area (Å²) in [7, 11) is 0. The zero-order valence-corrected chi connectivity index (χ0v) is 11.8. The van der Waals surface area contributed by atoms with E-state index < -0.39 is 0 Å². The van der Waals surface area contributed by atoms with Crippen LogP contribution in [0.2, 0.25) is 5.02 Å². The summed E-state index contributed by atoms with van der Waals surface area (Å²) in [6.07, 6.45) is 1.87. The Bertz CT molecular complexity index is 727. The Morgan fingerprint density at radius 2 is 2.00 bits per heavy atom. The highest BCUT2D eigenvalue weighted by molar-refractivity contribution is 6.30. The highest BCUT2D eigenvalue weighted by Gasteiger charge is 2.15. The van der Waals surface area contributed by atoms with Gasteiger partial charge in [-0.3, -0.25) is 9.59 Å². The molecule has 0 aromatic heterocycles. The SMILES string of the molecule is O=Cc1ccc(Cl)cc1Oc1ccc2c(c1)CCC(=O)N2. The van der Waals surface area contributed by atoms with Gasteiger partial charge in [-0.1, -0.05) is 11.6 Å². The van der Waals surface area contributed by atoms with Crippen molar-refractivity contribution in [1.82, 2.24) is 0 Å². The van der Waals surface area contributed by atoms with E-state index >= 15 is 0 Å². The lowest BCUT2D eigenvalue weighted by Crippen LogP contribution is -2.18. The second-order valence-corrected chi connectivity index (χ2v) is 5.21. The van der Waals surface area contributed by atoms with Crippen molar-refractivity contribution in [3.8, 4) is 11.5 Å². The second kappa shape index (κ2) is 5.58. The van der Waals surface area contributed by atoms with Crippen molar-refractivity contribution in [3.63, 3.8) is 0 Å². The van der Waals surface area contributed by atoms with Crippen molar-refractivity contribution in [2.45, 2.75) is 12.8 Å². The average molecular weight is 302 g/mol. The lowest BCUT2D eigenvalue weighted by molar-refractivity contribution is -0.116. The zero-order chi connectivity index (χ0) is 14.8. The summed E-state index contributed by atoms with van der Waals surface area (Å²) >= 11 is 5.93. The van der Waals surface area contributed by atoms with Gasteiger partial charge in [-0.25, -0.2) is 0 Å². The highest BCUT2D eigenvalue weighted by atomic mass is 35.5. The topological polar surface area (TPSA) is 55.4 Å². The van der Waals surface area contributed by atoms with Crippen LogP contribution in [-0.2, 0) is 11.2 Å². The van der Waals surface area contributed by atoms with Gasteiger partial charge < -0.3 is 10.1 Å². The standard InChI is InChI=1S/C16H12ClNO3/c17-12-3-1-11(9-19)15(8-12)21-13-4-5-14-10(7-13)2-6-16(20)18-14/h1,3-5,7-9H,2,6H2,(H,18,20). The molecule has 1 amide bonds. The quantitative estimate of drug-likeness (QED) is 0.877. The number of carbonyl (C=O) groups excluding carboxylic acids is 2. The van der Waals surface area contributed by atoms with Crippen molar-refractivity contribution >= 4 is 29.5 Å². The minimum Gasteiger partial charge on any atom is -0.457 e. The largest absolute Gasteiger partial charge is 0.457 e. The number of aldehydes is 1. The predicted molar refractivity (Wildman–Crippen MR) is 80.3 cm³/mol. The van der Waals surface area contributed by atoms with Gasteiger partial charge >= 0.3 is 0 Å². The van der Waals surface area contributed by atoms with E-state index in [2.05, 4.69) is 5.32 Å². The Kier molecular flexibility index (Phi) is 3.62. The minimum atomic E-state index is 0.0225. The summed E-state index contributed by atoms with van der Waals surface area (Å²) < 4.78 is 5.75. The molecule has 0 saturated carbocycles. The third kappa shape index (κ3) is 2.90. The van der Waals surface area contributed by atoms with E-state index in [1.54, 1.807) is 30.3 Å². The first-order valence-electron chi connectivity index (χ1n) is 6.51. The fraction of sp³-hybridized carbons (Fsp3) is 0.125. The number of rotatable bonds is 3. The van der Waals surface area contributed by atoms with Crippen LogP contribution in [0.5, 0.6) is 11.5 Å². The molecule has 5 heteroatoms. The fourth-order valence-corrected chi connectivity index (χ4v) is 2.41. The molecule has 2 aromatic rings. The Hall–Kier alpha value is -2.33. The van der Waals surface area contributed by atoms with E-state index in [1.807, 2.05) is 6.07 Å². The number of carbonyl (C=O) groups is 2. The number of amides is 1. The van der Waals surface area contributed by atoms with Crippen molar-refractivity contribution < 1.29 is 14.3 Å². The van der Waals surface area contributed by atoms with E-state index in [4.69, 9.17) is 16.3 Å². The number of benzene rings is 2. The van der Waals surface area contributed by atoms with E-state index in [-0.39, 0.29) is 5.91 Å². The Morgan fingerprint density at radius 3 is 2.81 bits per heavy atom. The third-order valence-electron chi connectivity index (χ3n) is 3.30. The van der Waals surface area contributed by atoms with Crippen LogP contribution in [0.3, 0.4) is 0 Å². The molecule has 3 rings (SSSR count). The summed E-state index contributed by atoms with van der Waals surface area (Å²) in [5, 5.41) is 3.31. The van der Waals surface area contributed by atoms with Crippen molar-refractivity contribution in [2.75, 3.05) is 5.32 Å². The summed E-state index contributed by atoms with van der Waals surface area (Å²) in [5.41, 5.74) is 2.26. The molecule has 2 aromatic carbocycles. The number of nitrogens with one attached hydrogen (secondary N) is 1. The summed E-state index contributed by atoms with van der Waals surface area (Å²) in [4.78, 5) is 22.4. The summed E-state index contributed by atoms with van der Waals surface area (Å²) in [6.45, 7) is 0. The van der Waals surface area contributed by atoms with Crippen molar-refractivity contribution in [1.29, 1.82) is 0 Å². The van der Waals surface area contributed by atoms with Gasteiger partial charge in [0, 0.05) is 23.2 Å². The number of anilines is 1. The van der Waals surface area contributed by atoms with Gasteiger partial charge in [0.15, 0.2) is 6.29 Å². The molecule has 0 unspecified atom stereocenters. The minimum absolute atomic E-state index is 0.0225. The molecule has 106 valence electrons. The monoisotopic (exact) mass is 301 g/mol. The van der Waals surface area contributed by atoms with E-state index in [0.29, 0.717) is 34.9 Å². The number of halogens is 1. The fourth-order valence-electron chi connectivity index (χ4n) is 2.24. The highest BCUT2D eigenvalue weighted by Crippen LogP contribution is 2.31. The molecule has 1 aliphatic rings.